The van der Waals surface area contributed by atoms with Crippen molar-refractivity contribution in [1.29, 1.82) is 0 Å². The molecule has 2 aromatic rings. The van der Waals surface area contributed by atoms with E-state index >= 15 is 0 Å². The van der Waals surface area contributed by atoms with Gasteiger partial charge in [0, 0.05) is 12.1 Å². The predicted octanol–water partition coefficient (Wildman–Crippen LogP) is 3.81. The van der Waals surface area contributed by atoms with Crippen LogP contribution in [0.2, 0.25) is 5.02 Å². The van der Waals surface area contributed by atoms with Gasteiger partial charge in [0.15, 0.2) is 0 Å². The Morgan fingerprint density at radius 1 is 1.30 bits per heavy atom. The maximum absolute atomic E-state index is 11.1. The summed E-state index contributed by atoms with van der Waals surface area (Å²) in [7, 11) is 0. The average Bonchev–Trinajstić information content (AvgIpc) is 2.40. The van der Waals surface area contributed by atoms with Crippen molar-refractivity contribution in [1.82, 2.24) is 0 Å². The molecule has 0 unspecified atom stereocenters. The molecule has 0 heterocycles. The standard InChI is InChI=1S/C14H13ClN2O3/c1-9-3-2-4-13(14(9)17(18)19)20-12-6-5-10(8-16)7-11(12)15/h2-7H,8,16H2,1H3. The molecule has 0 atom stereocenters. The maximum Gasteiger partial charge on any atom is 0.314 e. The fourth-order valence-electron chi connectivity index (χ4n) is 1.82. The first-order valence-electron chi connectivity index (χ1n) is 5.93. The molecule has 6 heteroatoms. The summed E-state index contributed by atoms with van der Waals surface area (Å²) in [6.45, 7) is 2.02. The van der Waals surface area contributed by atoms with Crippen molar-refractivity contribution in [3.63, 3.8) is 0 Å². The molecule has 0 spiro atoms. The Morgan fingerprint density at radius 3 is 2.65 bits per heavy atom. The quantitative estimate of drug-likeness (QED) is 0.686. The van der Waals surface area contributed by atoms with Crippen molar-refractivity contribution < 1.29 is 9.66 Å². The van der Waals surface area contributed by atoms with E-state index in [1.54, 1.807) is 37.3 Å². The fraction of sp³-hybridized carbons (Fsp3) is 0.143. The highest BCUT2D eigenvalue weighted by atomic mass is 35.5. The van der Waals surface area contributed by atoms with Crippen LogP contribution in [0.3, 0.4) is 0 Å². The first kappa shape index (κ1) is 14.3. The van der Waals surface area contributed by atoms with Crippen LogP contribution in [0.1, 0.15) is 11.1 Å². The number of nitro benzene ring substituents is 1. The lowest BCUT2D eigenvalue weighted by Crippen LogP contribution is -1.98. The molecule has 0 aliphatic carbocycles. The van der Waals surface area contributed by atoms with E-state index in [-0.39, 0.29) is 11.4 Å². The molecular formula is C14H13ClN2O3. The average molecular weight is 293 g/mol. The van der Waals surface area contributed by atoms with Gasteiger partial charge >= 0.3 is 5.69 Å². The number of rotatable bonds is 4. The number of hydrogen-bond acceptors (Lipinski definition) is 4. The van der Waals surface area contributed by atoms with Crippen LogP contribution in [0.4, 0.5) is 5.69 Å². The summed E-state index contributed by atoms with van der Waals surface area (Å²) in [6, 6.07) is 9.99. The molecule has 5 nitrogen and oxygen atoms in total. The van der Waals surface area contributed by atoms with Crippen molar-refractivity contribution in [2.24, 2.45) is 5.73 Å². The molecule has 0 radical (unpaired) electrons. The normalized spacial score (nSPS) is 10.3. The van der Waals surface area contributed by atoms with E-state index in [2.05, 4.69) is 0 Å². The second kappa shape index (κ2) is 5.90. The lowest BCUT2D eigenvalue weighted by atomic mass is 10.2. The van der Waals surface area contributed by atoms with Crippen LogP contribution >= 0.6 is 11.6 Å². The Kier molecular flexibility index (Phi) is 4.22. The molecule has 0 bridgehead atoms. The summed E-state index contributed by atoms with van der Waals surface area (Å²) >= 11 is 6.08. The van der Waals surface area contributed by atoms with Crippen molar-refractivity contribution in [2.75, 3.05) is 0 Å². The minimum atomic E-state index is -0.465. The van der Waals surface area contributed by atoms with Crippen LogP contribution < -0.4 is 10.5 Å². The molecule has 0 amide bonds. The zero-order chi connectivity index (χ0) is 14.7. The number of nitrogens with zero attached hydrogens (tertiary/aromatic N) is 1. The van der Waals surface area contributed by atoms with Gasteiger partial charge in [-0.3, -0.25) is 10.1 Å². The highest BCUT2D eigenvalue weighted by molar-refractivity contribution is 6.32. The van der Waals surface area contributed by atoms with Crippen molar-refractivity contribution in [2.45, 2.75) is 13.5 Å². The highest BCUT2D eigenvalue weighted by Gasteiger charge is 2.19. The molecule has 0 saturated heterocycles. The van der Waals surface area contributed by atoms with E-state index in [0.29, 0.717) is 22.9 Å². The third-order valence-electron chi connectivity index (χ3n) is 2.84. The van der Waals surface area contributed by atoms with Gasteiger partial charge in [-0.1, -0.05) is 29.8 Å². The van der Waals surface area contributed by atoms with Gasteiger partial charge in [0.25, 0.3) is 0 Å². The number of halogens is 1. The van der Waals surface area contributed by atoms with Crippen molar-refractivity contribution >= 4 is 17.3 Å². The van der Waals surface area contributed by atoms with Crippen LogP contribution in [0.5, 0.6) is 11.5 Å². The van der Waals surface area contributed by atoms with E-state index in [9.17, 15) is 10.1 Å². The molecule has 20 heavy (non-hydrogen) atoms. The van der Waals surface area contributed by atoms with Crippen molar-refractivity contribution in [3.8, 4) is 11.5 Å². The van der Waals surface area contributed by atoms with E-state index < -0.39 is 4.92 Å². The van der Waals surface area contributed by atoms with Gasteiger partial charge in [-0.05, 0) is 30.7 Å². The summed E-state index contributed by atoms with van der Waals surface area (Å²) in [5.41, 5.74) is 6.84. The van der Waals surface area contributed by atoms with Crippen LogP contribution in [-0.2, 0) is 6.54 Å². The lowest BCUT2D eigenvalue weighted by molar-refractivity contribution is -0.386. The Labute approximate surface area is 121 Å². The van der Waals surface area contributed by atoms with Crippen LogP contribution in [0.15, 0.2) is 36.4 Å². The zero-order valence-corrected chi connectivity index (χ0v) is 11.6. The number of para-hydroxylation sites is 1. The van der Waals surface area contributed by atoms with Gasteiger partial charge in [-0.2, -0.15) is 0 Å². The summed E-state index contributed by atoms with van der Waals surface area (Å²) in [4.78, 5) is 10.6. The molecule has 0 aliphatic heterocycles. The Balaban J connectivity index is 2.40. The van der Waals surface area contributed by atoms with Gasteiger partial charge < -0.3 is 10.5 Å². The van der Waals surface area contributed by atoms with Gasteiger partial charge in [0.05, 0.1) is 9.95 Å². The van der Waals surface area contributed by atoms with E-state index in [1.165, 1.54) is 6.07 Å². The van der Waals surface area contributed by atoms with Crippen LogP contribution in [-0.4, -0.2) is 4.92 Å². The number of benzene rings is 2. The SMILES string of the molecule is Cc1cccc(Oc2ccc(CN)cc2Cl)c1[N+](=O)[O-]. The number of hydrogen-bond donors (Lipinski definition) is 1. The summed E-state index contributed by atoms with van der Waals surface area (Å²) in [5, 5.41) is 11.5. The largest absolute Gasteiger partial charge is 0.449 e. The van der Waals surface area contributed by atoms with E-state index in [1.807, 2.05) is 0 Å². The Bertz CT molecular complexity index is 659. The van der Waals surface area contributed by atoms with Crippen LogP contribution in [0, 0.1) is 17.0 Å². The maximum atomic E-state index is 11.1. The molecule has 2 aromatic carbocycles. The van der Waals surface area contributed by atoms with Gasteiger partial charge in [-0.25, -0.2) is 0 Å². The molecule has 0 aliphatic rings. The van der Waals surface area contributed by atoms with E-state index in [0.717, 1.165) is 5.56 Å². The topological polar surface area (TPSA) is 78.4 Å². The number of aryl methyl sites for hydroxylation is 1. The predicted molar refractivity (Wildman–Crippen MR) is 77.3 cm³/mol. The Hall–Kier alpha value is -2.11. The minimum Gasteiger partial charge on any atom is -0.449 e. The van der Waals surface area contributed by atoms with Gasteiger partial charge in [0.2, 0.25) is 5.75 Å². The smallest absolute Gasteiger partial charge is 0.314 e. The monoisotopic (exact) mass is 292 g/mol. The number of nitro groups is 1. The number of ether oxygens (including phenoxy) is 1. The lowest BCUT2D eigenvalue weighted by Gasteiger charge is -2.10. The minimum absolute atomic E-state index is 0.0635. The molecule has 0 fully saturated rings. The first-order valence-corrected chi connectivity index (χ1v) is 6.31. The summed E-state index contributed by atoms with van der Waals surface area (Å²) in [6.07, 6.45) is 0. The third kappa shape index (κ3) is 2.89. The fourth-order valence-corrected chi connectivity index (χ4v) is 2.06. The molecule has 0 aromatic heterocycles. The first-order chi connectivity index (χ1) is 9.52. The molecular weight excluding hydrogens is 280 g/mol. The second-order valence-corrected chi connectivity index (χ2v) is 4.66. The summed E-state index contributed by atoms with van der Waals surface area (Å²) < 4.78 is 5.57. The van der Waals surface area contributed by atoms with Gasteiger partial charge in [0.1, 0.15) is 5.75 Å². The van der Waals surface area contributed by atoms with Crippen LogP contribution in [0.25, 0.3) is 0 Å². The summed E-state index contributed by atoms with van der Waals surface area (Å²) in [5.74, 6) is 0.523. The second-order valence-electron chi connectivity index (χ2n) is 4.25. The zero-order valence-electron chi connectivity index (χ0n) is 10.8. The molecule has 2 rings (SSSR count). The molecule has 0 saturated carbocycles. The molecule has 104 valence electrons. The van der Waals surface area contributed by atoms with Gasteiger partial charge in [-0.15, -0.1) is 0 Å². The third-order valence-corrected chi connectivity index (χ3v) is 3.13. The van der Waals surface area contributed by atoms with E-state index in [4.69, 9.17) is 22.1 Å². The highest BCUT2D eigenvalue weighted by Crippen LogP contribution is 2.36. The number of nitrogens with two attached hydrogens (primary N) is 1. The molecule has 2 N–H and O–H groups in total. The van der Waals surface area contributed by atoms with Crippen molar-refractivity contribution in [3.05, 3.63) is 62.7 Å². The Morgan fingerprint density at radius 2 is 2.05 bits per heavy atom.